The highest BCUT2D eigenvalue weighted by molar-refractivity contribution is 5.91. The lowest BCUT2D eigenvalue weighted by molar-refractivity contribution is -0.116. The molecule has 3 heteroatoms. The molecule has 1 heterocycles. The number of nitrogens with one attached hydrogen (secondary N) is 2. The number of benzene rings is 1. The molecule has 1 amide bonds. The normalized spacial score (nSPS) is 19.0. The number of anilines is 1. The fraction of sp³-hybridized carbons (Fsp3) is 0.611. The molecule has 1 saturated carbocycles. The van der Waals surface area contributed by atoms with Gasteiger partial charge in [0.15, 0.2) is 0 Å². The fourth-order valence-electron chi connectivity index (χ4n) is 3.65. The molecule has 3 nitrogen and oxygen atoms in total. The maximum Gasteiger partial charge on any atom is 0.224 e. The SMILES string of the molecule is O=C(CCC1CCCCC1)Nc1cccc2c1CNCC2. The van der Waals surface area contributed by atoms with Crippen molar-refractivity contribution in [3.05, 3.63) is 29.3 Å². The summed E-state index contributed by atoms with van der Waals surface area (Å²) in [5, 5.41) is 6.52. The molecular formula is C18H26N2O. The predicted octanol–water partition coefficient (Wildman–Crippen LogP) is 3.63. The minimum atomic E-state index is 0.180. The van der Waals surface area contributed by atoms with Crippen LogP contribution in [-0.4, -0.2) is 12.5 Å². The van der Waals surface area contributed by atoms with E-state index in [0.29, 0.717) is 6.42 Å². The Bertz CT molecular complexity index is 492. The van der Waals surface area contributed by atoms with Crippen LogP contribution < -0.4 is 10.6 Å². The van der Waals surface area contributed by atoms with Crippen molar-refractivity contribution in [1.82, 2.24) is 5.32 Å². The zero-order valence-electron chi connectivity index (χ0n) is 12.8. The average Bonchev–Trinajstić information content (AvgIpc) is 2.54. The van der Waals surface area contributed by atoms with Crippen LogP contribution in [0, 0.1) is 5.92 Å². The maximum atomic E-state index is 12.2. The highest BCUT2D eigenvalue weighted by Gasteiger charge is 2.17. The standard InChI is InChI=1S/C18H26N2O/c21-18(10-9-14-5-2-1-3-6-14)20-17-8-4-7-15-11-12-19-13-16(15)17/h4,7-8,14,19H,1-3,5-6,9-13H2,(H,20,21). The third-order valence-electron chi connectivity index (χ3n) is 4.92. The summed E-state index contributed by atoms with van der Waals surface area (Å²) < 4.78 is 0. The van der Waals surface area contributed by atoms with Crippen molar-refractivity contribution >= 4 is 11.6 Å². The Labute approximate surface area is 127 Å². The molecule has 1 aliphatic heterocycles. The molecule has 1 aliphatic carbocycles. The fourth-order valence-corrected chi connectivity index (χ4v) is 3.65. The molecule has 1 aromatic carbocycles. The van der Waals surface area contributed by atoms with E-state index in [2.05, 4.69) is 22.8 Å². The molecule has 0 aromatic heterocycles. The summed E-state index contributed by atoms with van der Waals surface area (Å²) in [7, 11) is 0. The molecule has 0 bridgehead atoms. The lowest BCUT2D eigenvalue weighted by Gasteiger charge is -2.22. The summed E-state index contributed by atoms with van der Waals surface area (Å²) in [4.78, 5) is 12.2. The maximum absolute atomic E-state index is 12.2. The van der Waals surface area contributed by atoms with Crippen LogP contribution >= 0.6 is 0 Å². The van der Waals surface area contributed by atoms with Crippen molar-refractivity contribution in [3.8, 4) is 0 Å². The van der Waals surface area contributed by atoms with E-state index >= 15 is 0 Å². The van der Waals surface area contributed by atoms with Crippen LogP contribution in [0.25, 0.3) is 0 Å². The molecule has 3 rings (SSSR count). The van der Waals surface area contributed by atoms with E-state index in [9.17, 15) is 4.79 Å². The second-order valence-electron chi connectivity index (χ2n) is 6.46. The number of hydrogen-bond donors (Lipinski definition) is 2. The summed E-state index contributed by atoms with van der Waals surface area (Å²) in [6.07, 6.45) is 9.50. The highest BCUT2D eigenvalue weighted by atomic mass is 16.1. The van der Waals surface area contributed by atoms with Crippen molar-refractivity contribution in [2.45, 2.75) is 57.9 Å². The van der Waals surface area contributed by atoms with Crippen LogP contribution in [0.3, 0.4) is 0 Å². The summed E-state index contributed by atoms with van der Waals surface area (Å²) in [5.41, 5.74) is 3.65. The minimum Gasteiger partial charge on any atom is -0.326 e. The first-order valence-corrected chi connectivity index (χ1v) is 8.44. The second kappa shape index (κ2) is 7.08. The smallest absolute Gasteiger partial charge is 0.224 e. The van der Waals surface area contributed by atoms with Crippen LogP contribution in [0.5, 0.6) is 0 Å². The largest absolute Gasteiger partial charge is 0.326 e. The van der Waals surface area contributed by atoms with E-state index in [0.717, 1.165) is 37.5 Å². The molecule has 1 fully saturated rings. The molecule has 2 aliphatic rings. The van der Waals surface area contributed by atoms with Gasteiger partial charge in [-0.25, -0.2) is 0 Å². The molecule has 0 saturated heterocycles. The van der Waals surface area contributed by atoms with Crippen LogP contribution in [0.4, 0.5) is 5.69 Å². The molecular weight excluding hydrogens is 260 g/mol. The first kappa shape index (κ1) is 14.6. The Morgan fingerprint density at radius 3 is 2.95 bits per heavy atom. The van der Waals surface area contributed by atoms with Gasteiger partial charge in [-0.1, -0.05) is 44.2 Å². The third-order valence-corrected chi connectivity index (χ3v) is 4.92. The summed E-state index contributed by atoms with van der Waals surface area (Å²) in [6, 6.07) is 6.26. The third kappa shape index (κ3) is 3.85. The van der Waals surface area contributed by atoms with Gasteiger partial charge in [-0.3, -0.25) is 4.79 Å². The average molecular weight is 286 g/mol. The van der Waals surface area contributed by atoms with E-state index in [1.165, 1.54) is 43.2 Å². The van der Waals surface area contributed by atoms with Gasteiger partial charge in [-0.15, -0.1) is 0 Å². The van der Waals surface area contributed by atoms with E-state index < -0.39 is 0 Å². The summed E-state index contributed by atoms with van der Waals surface area (Å²) in [5.74, 6) is 0.954. The van der Waals surface area contributed by atoms with Crippen LogP contribution in [-0.2, 0) is 17.8 Å². The summed E-state index contributed by atoms with van der Waals surface area (Å²) >= 11 is 0. The number of hydrogen-bond acceptors (Lipinski definition) is 2. The van der Waals surface area contributed by atoms with Crippen molar-refractivity contribution in [3.63, 3.8) is 0 Å². The molecule has 0 atom stereocenters. The molecule has 21 heavy (non-hydrogen) atoms. The lowest BCUT2D eigenvalue weighted by atomic mass is 9.86. The molecule has 114 valence electrons. The van der Waals surface area contributed by atoms with E-state index in [-0.39, 0.29) is 5.91 Å². The van der Waals surface area contributed by atoms with Crippen LogP contribution in [0.15, 0.2) is 18.2 Å². The zero-order valence-corrected chi connectivity index (χ0v) is 12.8. The van der Waals surface area contributed by atoms with E-state index in [1.54, 1.807) is 0 Å². The number of rotatable bonds is 4. The Kier molecular flexibility index (Phi) is 4.91. The van der Waals surface area contributed by atoms with Gasteiger partial charge in [0.25, 0.3) is 0 Å². The molecule has 2 N–H and O–H groups in total. The Hall–Kier alpha value is -1.35. The van der Waals surface area contributed by atoms with Gasteiger partial charge < -0.3 is 10.6 Å². The van der Waals surface area contributed by atoms with Crippen LogP contribution in [0.1, 0.15) is 56.1 Å². The van der Waals surface area contributed by atoms with Crippen molar-refractivity contribution in [1.29, 1.82) is 0 Å². The van der Waals surface area contributed by atoms with Crippen molar-refractivity contribution in [2.75, 3.05) is 11.9 Å². The Balaban J connectivity index is 1.55. The molecule has 0 unspecified atom stereocenters. The summed E-state index contributed by atoms with van der Waals surface area (Å²) in [6.45, 7) is 1.90. The van der Waals surface area contributed by atoms with Crippen LogP contribution in [0.2, 0.25) is 0 Å². The van der Waals surface area contributed by atoms with Gasteiger partial charge in [0.2, 0.25) is 5.91 Å². The Morgan fingerprint density at radius 1 is 1.24 bits per heavy atom. The Morgan fingerprint density at radius 2 is 2.10 bits per heavy atom. The number of fused-ring (bicyclic) bond motifs is 1. The van der Waals surface area contributed by atoms with Gasteiger partial charge in [-0.2, -0.15) is 0 Å². The molecule has 0 radical (unpaired) electrons. The lowest BCUT2D eigenvalue weighted by Crippen LogP contribution is -2.25. The quantitative estimate of drug-likeness (QED) is 0.887. The van der Waals surface area contributed by atoms with Crippen molar-refractivity contribution < 1.29 is 4.79 Å². The first-order valence-electron chi connectivity index (χ1n) is 8.44. The zero-order chi connectivity index (χ0) is 14.5. The van der Waals surface area contributed by atoms with Crippen molar-refractivity contribution in [2.24, 2.45) is 5.92 Å². The topological polar surface area (TPSA) is 41.1 Å². The van der Waals surface area contributed by atoms with Gasteiger partial charge in [0.05, 0.1) is 0 Å². The number of amides is 1. The van der Waals surface area contributed by atoms with Gasteiger partial charge in [0, 0.05) is 18.7 Å². The minimum absolute atomic E-state index is 0.180. The predicted molar refractivity (Wildman–Crippen MR) is 86.3 cm³/mol. The number of carbonyl (C=O) groups excluding carboxylic acids is 1. The molecule has 1 aromatic rings. The monoisotopic (exact) mass is 286 g/mol. The second-order valence-corrected chi connectivity index (χ2v) is 6.46. The van der Waals surface area contributed by atoms with Gasteiger partial charge in [0.1, 0.15) is 0 Å². The van der Waals surface area contributed by atoms with Gasteiger partial charge in [-0.05, 0) is 42.5 Å². The van der Waals surface area contributed by atoms with E-state index in [4.69, 9.17) is 0 Å². The van der Waals surface area contributed by atoms with Gasteiger partial charge >= 0.3 is 0 Å². The van der Waals surface area contributed by atoms with E-state index in [1.807, 2.05) is 6.07 Å². The highest BCUT2D eigenvalue weighted by Crippen LogP contribution is 2.28. The first-order chi connectivity index (χ1) is 10.3. The molecule has 0 spiro atoms. The number of carbonyl (C=O) groups is 1.